The number of anilines is 1. The van der Waals surface area contributed by atoms with Crippen LogP contribution in [0.1, 0.15) is 17.4 Å². The number of rotatable bonds is 4. The predicted octanol–water partition coefficient (Wildman–Crippen LogP) is 1.78. The van der Waals surface area contributed by atoms with E-state index in [9.17, 15) is 9.59 Å². The summed E-state index contributed by atoms with van der Waals surface area (Å²) in [5, 5.41) is 5.48. The Bertz CT molecular complexity index is 1100. The van der Waals surface area contributed by atoms with E-state index in [1.165, 1.54) is 4.68 Å². The van der Waals surface area contributed by atoms with Gasteiger partial charge >= 0.3 is 0 Å². The van der Waals surface area contributed by atoms with Crippen molar-refractivity contribution in [2.24, 2.45) is 0 Å². The first kappa shape index (κ1) is 18.9. The summed E-state index contributed by atoms with van der Waals surface area (Å²) >= 11 is 0. The van der Waals surface area contributed by atoms with E-state index in [0.717, 1.165) is 11.6 Å². The average Bonchev–Trinajstić information content (AvgIpc) is 2.79. The number of methoxy groups -OCH3 is 1. The molecule has 3 heterocycles. The summed E-state index contributed by atoms with van der Waals surface area (Å²) in [6, 6.07) is 10.9. The number of carbonyl (C=O) groups is 1. The van der Waals surface area contributed by atoms with Crippen molar-refractivity contribution in [3.8, 4) is 5.75 Å². The van der Waals surface area contributed by atoms with Crippen LogP contribution in [0.5, 0.6) is 5.75 Å². The number of pyridine rings is 1. The molecule has 150 valence electrons. The second-order valence-electron chi connectivity index (χ2n) is 6.82. The van der Waals surface area contributed by atoms with Crippen LogP contribution in [0.2, 0.25) is 0 Å². The number of hydrogen-bond donors (Lipinski definition) is 0. The van der Waals surface area contributed by atoms with Gasteiger partial charge in [-0.2, -0.15) is 5.10 Å². The lowest BCUT2D eigenvalue weighted by Crippen LogP contribution is -2.49. The number of carbonyl (C=O) groups excluding carboxylic acids is 1. The molecule has 0 unspecified atom stereocenters. The molecule has 0 aliphatic carbocycles. The molecule has 3 aromatic rings. The molecule has 1 aliphatic rings. The van der Waals surface area contributed by atoms with Gasteiger partial charge in [-0.15, -0.1) is 0 Å². The third kappa shape index (κ3) is 3.41. The quantitative estimate of drug-likeness (QED) is 0.672. The van der Waals surface area contributed by atoms with Gasteiger partial charge in [-0.25, -0.2) is 9.67 Å². The Labute approximate surface area is 168 Å². The van der Waals surface area contributed by atoms with Crippen molar-refractivity contribution < 1.29 is 9.53 Å². The minimum atomic E-state index is -0.174. The van der Waals surface area contributed by atoms with Gasteiger partial charge in [0, 0.05) is 44.3 Å². The zero-order chi connectivity index (χ0) is 20.4. The molecule has 0 atom stereocenters. The molecule has 1 fully saturated rings. The molecule has 8 heteroatoms. The van der Waals surface area contributed by atoms with Gasteiger partial charge in [0.15, 0.2) is 17.3 Å². The number of aryl methyl sites for hydroxylation is 1. The maximum Gasteiger partial charge on any atom is 0.275 e. The third-order valence-corrected chi connectivity index (χ3v) is 5.21. The molecule has 2 aromatic heterocycles. The molecule has 1 amide bonds. The van der Waals surface area contributed by atoms with Crippen LogP contribution >= 0.6 is 0 Å². The number of amides is 1. The predicted molar refractivity (Wildman–Crippen MR) is 111 cm³/mol. The van der Waals surface area contributed by atoms with Crippen molar-refractivity contribution in [2.45, 2.75) is 13.5 Å². The van der Waals surface area contributed by atoms with E-state index in [-0.39, 0.29) is 11.5 Å². The fourth-order valence-electron chi connectivity index (χ4n) is 3.66. The molecule has 0 N–H and O–H groups in total. The largest absolute Gasteiger partial charge is 0.493 e. The van der Waals surface area contributed by atoms with Gasteiger partial charge in [0.25, 0.3) is 11.5 Å². The number of aromatic nitrogens is 3. The van der Waals surface area contributed by atoms with Gasteiger partial charge in [0.05, 0.1) is 12.5 Å². The molecule has 0 spiro atoms. The van der Waals surface area contributed by atoms with Crippen LogP contribution in [0, 0.1) is 0 Å². The van der Waals surface area contributed by atoms with E-state index in [4.69, 9.17) is 4.74 Å². The van der Waals surface area contributed by atoms with Crippen LogP contribution in [0.25, 0.3) is 10.8 Å². The summed E-state index contributed by atoms with van der Waals surface area (Å²) in [4.78, 5) is 34.1. The average molecular weight is 393 g/mol. The van der Waals surface area contributed by atoms with E-state index in [2.05, 4.69) is 15.0 Å². The molecular weight excluding hydrogens is 370 g/mol. The maximum atomic E-state index is 13.2. The lowest BCUT2D eigenvalue weighted by molar-refractivity contribution is 0.0740. The number of piperazine rings is 1. The zero-order valence-electron chi connectivity index (χ0n) is 16.5. The first-order valence-electron chi connectivity index (χ1n) is 9.67. The Kier molecular flexibility index (Phi) is 5.16. The standard InChI is InChI=1S/C21H23N5O3/c1-3-26-20(27)16-8-5-4-7-15(16)18(23-26)21(28)25-13-11-24(12-14-25)19-17(29-2)9-6-10-22-19/h4-10H,3,11-14H2,1-2H3. The van der Waals surface area contributed by atoms with Crippen LogP contribution in [0.4, 0.5) is 5.82 Å². The number of nitrogens with zero attached hydrogens (tertiary/aromatic N) is 5. The Morgan fingerprint density at radius 1 is 1.07 bits per heavy atom. The van der Waals surface area contributed by atoms with Crippen molar-refractivity contribution in [1.29, 1.82) is 0 Å². The molecule has 8 nitrogen and oxygen atoms in total. The van der Waals surface area contributed by atoms with Crippen LogP contribution in [0.3, 0.4) is 0 Å². The fourth-order valence-corrected chi connectivity index (χ4v) is 3.66. The molecule has 0 bridgehead atoms. The van der Waals surface area contributed by atoms with Crippen molar-refractivity contribution in [3.63, 3.8) is 0 Å². The van der Waals surface area contributed by atoms with Crippen LogP contribution in [0.15, 0.2) is 47.4 Å². The van der Waals surface area contributed by atoms with E-state index >= 15 is 0 Å². The molecule has 1 aliphatic heterocycles. The van der Waals surface area contributed by atoms with Gasteiger partial charge in [0.1, 0.15) is 0 Å². The monoisotopic (exact) mass is 393 g/mol. The molecule has 1 aromatic carbocycles. The number of fused-ring (bicyclic) bond motifs is 1. The smallest absolute Gasteiger partial charge is 0.275 e. The minimum Gasteiger partial charge on any atom is -0.493 e. The van der Waals surface area contributed by atoms with Crippen molar-refractivity contribution in [1.82, 2.24) is 19.7 Å². The Morgan fingerprint density at radius 3 is 2.48 bits per heavy atom. The minimum absolute atomic E-state index is 0.156. The van der Waals surface area contributed by atoms with Crippen LogP contribution < -0.4 is 15.2 Å². The fraction of sp³-hybridized carbons (Fsp3) is 0.333. The van der Waals surface area contributed by atoms with Gasteiger partial charge in [-0.05, 0) is 25.1 Å². The Balaban J connectivity index is 1.59. The molecular formula is C21H23N5O3. The van der Waals surface area contributed by atoms with Crippen molar-refractivity contribution in [2.75, 3.05) is 38.2 Å². The van der Waals surface area contributed by atoms with E-state index in [0.29, 0.717) is 49.2 Å². The molecule has 4 rings (SSSR count). The first-order valence-corrected chi connectivity index (χ1v) is 9.67. The molecule has 0 radical (unpaired) electrons. The lowest BCUT2D eigenvalue weighted by atomic mass is 10.1. The normalized spacial score (nSPS) is 14.3. The van der Waals surface area contributed by atoms with Gasteiger partial charge in [0.2, 0.25) is 0 Å². The summed E-state index contributed by atoms with van der Waals surface area (Å²) in [6.45, 7) is 4.63. The van der Waals surface area contributed by atoms with E-state index in [1.54, 1.807) is 36.4 Å². The highest BCUT2D eigenvalue weighted by molar-refractivity contribution is 6.04. The van der Waals surface area contributed by atoms with Gasteiger partial charge in [-0.3, -0.25) is 9.59 Å². The topological polar surface area (TPSA) is 80.6 Å². The highest BCUT2D eigenvalue weighted by Gasteiger charge is 2.27. The molecule has 29 heavy (non-hydrogen) atoms. The number of hydrogen-bond acceptors (Lipinski definition) is 6. The summed E-state index contributed by atoms with van der Waals surface area (Å²) in [6.07, 6.45) is 1.74. The Morgan fingerprint density at radius 2 is 1.79 bits per heavy atom. The van der Waals surface area contributed by atoms with Gasteiger partial charge < -0.3 is 14.5 Å². The third-order valence-electron chi connectivity index (χ3n) is 5.21. The summed E-state index contributed by atoms with van der Waals surface area (Å²) in [5.41, 5.74) is 0.151. The van der Waals surface area contributed by atoms with E-state index in [1.807, 2.05) is 25.1 Å². The number of benzene rings is 1. The lowest BCUT2D eigenvalue weighted by Gasteiger charge is -2.35. The molecule has 1 saturated heterocycles. The highest BCUT2D eigenvalue weighted by atomic mass is 16.5. The Hall–Kier alpha value is -3.42. The van der Waals surface area contributed by atoms with Crippen LogP contribution in [-0.4, -0.2) is 58.9 Å². The number of ether oxygens (including phenoxy) is 1. The maximum absolute atomic E-state index is 13.2. The van der Waals surface area contributed by atoms with Crippen molar-refractivity contribution >= 4 is 22.5 Å². The first-order chi connectivity index (χ1) is 14.1. The molecule has 0 saturated carbocycles. The SMILES string of the molecule is CCn1nc(C(=O)N2CCN(c3ncccc3OC)CC2)c2ccccc2c1=O. The summed E-state index contributed by atoms with van der Waals surface area (Å²) in [5.74, 6) is 1.34. The van der Waals surface area contributed by atoms with Gasteiger partial charge in [-0.1, -0.05) is 18.2 Å². The van der Waals surface area contributed by atoms with Crippen molar-refractivity contribution in [3.05, 3.63) is 58.6 Å². The van der Waals surface area contributed by atoms with E-state index < -0.39 is 0 Å². The second-order valence-corrected chi connectivity index (χ2v) is 6.82. The summed E-state index contributed by atoms with van der Waals surface area (Å²) < 4.78 is 6.75. The second kappa shape index (κ2) is 7.90. The zero-order valence-corrected chi connectivity index (χ0v) is 16.5. The summed E-state index contributed by atoms with van der Waals surface area (Å²) in [7, 11) is 1.62. The van der Waals surface area contributed by atoms with Crippen LogP contribution in [-0.2, 0) is 6.54 Å². The highest BCUT2D eigenvalue weighted by Crippen LogP contribution is 2.26.